The lowest BCUT2D eigenvalue weighted by molar-refractivity contribution is 0.275. The van der Waals surface area contributed by atoms with E-state index < -0.39 is 0 Å². The maximum atomic E-state index is 9.19. The SMILES string of the molecule is CC(C)(C)c1ccccc1N1CCCC1CCO. The van der Waals surface area contributed by atoms with Gasteiger partial charge in [0.15, 0.2) is 0 Å². The maximum Gasteiger partial charge on any atom is 0.0450 e. The summed E-state index contributed by atoms with van der Waals surface area (Å²) in [5.74, 6) is 0. The van der Waals surface area contributed by atoms with E-state index in [0.29, 0.717) is 12.6 Å². The lowest BCUT2D eigenvalue weighted by atomic mass is 9.85. The topological polar surface area (TPSA) is 23.5 Å². The van der Waals surface area contributed by atoms with Crippen molar-refractivity contribution in [1.29, 1.82) is 0 Å². The van der Waals surface area contributed by atoms with Crippen LogP contribution < -0.4 is 4.90 Å². The van der Waals surface area contributed by atoms with Gasteiger partial charge in [0, 0.05) is 24.9 Å². The molecule has 18 heavy (non-hydrogen) atoms. The number of hydrogen-bond acceptors (Lipinski definition) is 2. The van der Waals surface area contributed by atoms with Crippen molar-refractivity contribution in [3.8, 4) is 0 Å². The second-order valence-electron chi connectivity index (χ2n) is 6.27. The normalized spacial score (nSPS) is 20.4. The second kappa shape index (κ2) is 5.31. The molecule has 100 valence electrons. The molecular weight excluding hydrogens is 222 g/mol. The van der Waals surface area contributed by atoms with Crippen LogP contribution in [-0.2, 0) is 5.41 Å². The van der Waals surface area contributed by atoms with Crippen molar-refractivity contribution < 1.29 is 5.11 Å². The highest BCUT2D eigenvalue weighted by Crippen LogP contribution is 2.36. The molecule has 2 nitrogen and oxygen atoms in total. The molecule has 1 aliphatic rings. The fraction of sp³-hybridized carbons (Fsp3) is 0.625. The highest BCUT2D eigenvalue weighted by atomic mass is 16.3. The predicted octanol–water partition coefficient (Wildman–Crippen LogP) is 3.34. The number of nitrogens with zero attached hydrogens (tertiary/aromatic N) is 1. The fourth-order valence-electron chi connectivity index (χ4n) is 2.96. The van der Waals surface area contributed by atoms with E-state index in [1.165, 1.54) is 24.1 Å². The molecule has 0 saturated carbocycles. The van der Waals surface area contributed by atoms with Crippen LogP contribution in [0.25, 0.3) is 0 Å². The van der Waals surface area contributed by atoms with Gasteiger partial charge >= 0.3 is 0 Å². The second-order valence-corrected chi connectivity index (χ2v) is 6.27. The average molecular weight is 247 g/mol. The van der Waals surface area contributed by atoms with Gasteiger partial charge in [-0.2, -0.15) is 0 Å². The van der Waals surface area contributed by atoms with Gasteiger partial charge in [-0.1, -0.05) is 39.0 Å². The zero-order chi connectivity index (χ0) is 13.2. The molecular formula is C16H25NO. The van der Waals surface area contributed by atoms with Crippen molar-refractivity contribution in [3.63, 3.8) is 0 Å². The van der Waals surface area contributed by atoms with E-state index in [2.05, 4.69) is 49.9 Å². The van der Waals surface area contributed by atoms with Crippen molar-refractivity contribution >= 4 is 5.69 Å². The zero-order valence-electron chi connectivity index (χ0n) is 11.8. The molecule has 0 radical (unpaired) electrons. The van der Waals surface area contributed by atoms with E-state index in [1.807, 2.05) is 0 Å². The Balaban J connectivity index is 2.33. The number of hydrogen-bond donors (Lipinski definition) is 1. The molecule has 1 aliphatic heterocycles. The summed E-state index contributed by atoms with van der Waals surface area (Å²) in [5.41, 5.74) is 2.94. The minimum absolute atomic E-state index is 0.170. The molecule has 0 bridgehead atoms. The Morgan fingerprint density at radius 1 is 1.28 bits per heavy atom. The molecule has 1 aromatic carbocycles. The molecule has 1 aromatic rings. The molecule has 0 amide bonds. The Labute approximate surface area is 111 Å². The molecule has 1 atom stereocenters. The standard InChI is InChI=1S/C16H25NO/c1-16(2,3)14-8-4-5-9-15(14)17-11-6-7-13(17)10-12-18/h4-5,8-9,13,18H,6-7,10-12H2,1-3H3. The summed E-state index contributed by atoms with van der Waals surface area (Å²) in [5, 5.41) is 9.19. The average Bonchev–Trinajstić information content (AvgIpc) is 2.77. The summed E-state index contributed by atoms with van der Waals surface area (Å²) in [7, 11) is 0. The third-order valence-electron chi connectivity index (χ3n) is 3.86. The van der Waals surface area contributed by atoms with Crippen LogP contribution >= 0.6 is 0 Å². The summed E-state index contributed by atoms with van der Waals surface area (Å²) in [6.45, 7) is 8.21. The first kappa shape index (κ1) is 13.4. The van der Waals surface area contributed by atoms with Crippen LogP contribution in [0.5, 0.6) is 0 Å². The van der Waals surface area contributed by atoms with Crippen LogP contribution in [-0.4, -0.2) is 24.3 Å². The fourth-order valence-corrected chi connectivity index (χ4v) is 2.96. The number of para-hydroxylation sites is 1. The van der Waals surface area contributed by atoms with Gasteiger partial charge in [0.1, 0.15) is 0 Å². The minimum Gasteiger partial charge on any atom is -0.396 e. The molecule has 0 aliphatic carbocycles. The lowest BCUT2D eigenvalue weighted by Crippen LogP contribution is -2.32. The first-order chi connectivity index (χ1) is 8.54. The van der Waals surface area contributed by atoms with Gasteiger partial charge in [-0.05, 0) is 36.3 Å². The first-order valence-corrected chi connectivity index (χ1v) is 7.01. The molecule has 1 unspecified atom stereocenters. The van der Waals surface area contributed by atoms with Crippen LogP contribution in [0.15, 0.2) is 24.3 Å². The van der Waals surface area contributed by atoms with Gasteiger partial charge in [-0.25, -0.2) is 0 Å². The molecule has 2 heteroatoms. The monoisotopic (exact) mass is 247 g/mol. The minimum atomic E-state index is 0.170. The largest absolute Gasteiger partial charge is 0.396 e. The highest BCUT2D eigenvalue weighted by Gasteiger charge is 2.28. The van der Waals surface area contributed by atoms with E-state index in [9.17, 15) is 5.11 Å². The molecule has 2 rings (SSSR count). The summed E-state index contributed by atoms with van der Waals surface area (Å²) in [6, 6.07) is 9.23. The van der Waals surface area contributed by atoms with Gasteiger partial charge in [-0.3, -0.25) is 0 Å². The third kappa shape index (κ3) is 2.69. The summed E-state index contributed by atoms with van der Waals surface area (Å²) >= 11 is 0. The van der Waals surface area contributed by atoms with E-state index >= 15 is 0 Å². The smallest absolute Gasteiger partial charge is 0.0450 e. The van der Waals surface area contributed by atoms with Crippen LogP contribution in [0, 0.1) is 0 Å². The number of benzene rings is 1. The number of aliphatic hydroxyl groups is 1. The van der Waals surface area contributed by atoms with Crippen molar-refractivity contribution in [3.05, 3.63) is 29.8 Å². The first-order valence-electron chi connectivity index (χ1n) is 7.01. The van der Waals surface area contributed by atoms with E-state index in [4.69, 9.17) is 0 Å². The molecule has 1 heterocycles. The Hall–Kier alpha value is -1.02. The third-order valence-corrected chi connectivity index (χ3v) is 3.86. The van der Waals surface area contributed by atoms with Crippen molar-refractivity contribution in [1.82, 2.24) is 0 Å². The predicted molar refractivity (Wildman–Crippen MR) is 77.2 cm³/mol. The molecule has 1 fully saturated rings. The zero-order valence-corrected chi connectivity index (χ0v) is 11.8. The van der Waals surface area contributed by atoms with Crippen LogP contribution in [0.3, 0.4) is 0 Å². The Kier molecular flexibility index (Phi) is 3.96. The summed E-state index contributed by atoms with van der Waals surface area (Å²) in [6.07, 6.45) is 3.33. The Morgan fingerprint density at radius 2 is 2.00 bits per heavy atom. The molecule has 0 spiro atoms. The summed E-state index contributed by atoms with van der Waals surface area (Å²) < 4.78 is 0. The molecule has 1 saturated heterocycles. The van der Waals surface area contributed by atoms with E-state index in [-0.39, 0.29) is 5.41 Å². The number of aliphatic hydroxyl groups excluding tert-OH is 1. The van der Waals surface area contributed by atoms with Crippen LogP contribution in [0.4, 0.5) is 5.69 Å². The Morgan fingerprint density at radius 3 is 2.67 bits per heavy atom. The van der Waals surface area contributed by atoms with Crippen LogP contribution in [0.2, 0.25) is 0 Å². The number of rotatable bonds is 3. The van der Waals surface area contributed by atoms with Crippen molar-refractivity contribution in [2.24, 2.45) is 0 Å². The van der Waals surface area contributed by atoms with Crippen molar-refractivity contribution in [2.75, 3.05) is 18.1 Å². The van der Waals surface area contributed by atoms with Gasteiger partial charge in [-0.15, -0.1) is 0 Å². The lowest BCUT2D eigenvalue weighted by Gasteiger charge is -2.32. The van der Waals surface area contributed by atoms with Gasteiger partial charge in [0.25, 0.3) is 0 Å². The quantitative estimate of drug-likeness (QED) is 0.885. The summed E-state index contributed by atoms with van der Waals surface area (Å²) in [4.78, 5) is 2.50. The van der Waals surface area contributed by atoms with Gasteiger partial charge in [0.2, 0.25) is 0 Å². The van der Waals surface area contributed by atoms with Crippen LogP contribution in [0.1, 0.15) is 45.6 Å². The highest BCUT2D eigenvalue weighted by molar-refractivity contribution is 5.57. The molecule has 1 N–H and O–H groups in total. The Bertz CT molecular complexity index is 394. The number of anilines is 1. The van der Waals surface area contributed by atoms with Gasteiger partial charge < -0.3 is 10.0 Å². The van der Waals surface area contributed by atoms with E-state index in [0.717, 1.165) is 13.0 Å². The van der Waals surface area contributed by atoms with Gasteiger partial charge in [0.05, 0.1) is 0 Å². The molecule has 0 aromatic heterocycles. The maximum absolute atomic E-state index is 9.19. The van der Waals surface area contributed by atoms with E-state index in [1.54, 1.807) is 0 Å². The van der Waals surface area contributed by atoms with Crippen molar-refractivity contribution in [2.45, 2.75) is 51.5 Å².